The number of nitrogens with one attached hydrogen (secondary N) is 1. The van der Waals surface area contributed by atoms with Crippen LogP contribution in [0.25, 0.3) is 0 Å². The van der Waals surface area contributed by atoms with Gasteiger partial charge in [0.15, 0.2) is 0 Å². The first kappa shape index (κ1) is 21.0. The van der Waals surface area contributed by atoms with E-state index in [9.17, 15) is 18.0 Å². The molecule has 0 saturated carbocycles. The molecule has 150 valence electrons. The first-order chi connectivity index (χ1) is 13.3. The van der Waals surface area contributed by atoms with Crippen molar-refractivity contribution in [2.24, 2.45) is 0 Å². The molecule has 0 radical (unpaired) electrons. The van der Waals surface area contributed by atoms with Crippen LogP contribution in [0.3, 0.4) is 0 Å². The smallest absolute Gasteiger partial charge is 0.339 e. The summed E-state index contributed by atoms with van der Waals surface area (Å²) >= 11 is 0. The van der Waals surface area contributed by atoms with Gasteiger partial charge in [0.05, 0.1) is 45.3 Å². The molecule has 28 heavy (non-hydrogen) atoms. The fourth-order valence-electron chi connectivity index (χ4n) is 2.36. The minimum atomic E-state index is -4.32. The van der Waals surface area contributed by atoms with Crippen molar-refractivity contribution < 1.29 is 37.0 Å². The standard InChI is InChI=1S/C18H19NO8S/c1-24-12-6-8-15(25-2)14(10-12)19-28(22,23)16-9-11(17(20)26-3)5-7-13(16)18(21)27-4/h5-10,19H,1-4H3. The number of carbonyl (C=O) groups excluding carboxylic acids is 2. The lowest BCUT2D eigenvalue weighted by molar-refractivity contribution is 0.0583. The molecule has 10 heteroatoms. The van der Waals surface area contributed by atoms with Crippen LogP contribution in [0.2, 0.25) is 0 Å². The summed E-state index contributed by atoms with van der Waals surface area (Å²) in [6.45, 7) is 0. The Morgan fingerprint density at radius 1 is 0.857 bits per heavy atom. The number of anilines is 1. The fraction of sp³-hybridized carbons (Fsp3) is 0.222. The van der Waals surface area contributed by atoms with Crippen LogP contribution in [-0.2, 0) is 19.5 Å². The van der Waals surface area contributed by atoms with Gasteiger partial charge in [0.25, 0.3) is 10.0 Å². The molecule has 2 aromatic rings. The third kappa shape index (κ3) is 4.34. The monoisotopic (exact) mass is 409 g/mol. The van der Waals surface area contributed by atoms with Crippen LogP contribution in [0.15, 0.2) is 41.3 Å². The number of ether oxygens (including phenoxy) is 4. The predicted octanol–water partition coefficient (Wildman–Crippen LogP) is 2.08. The molecular formula is C18H19NO8S. The Bertz CT molecular complexity index is 1000. The van der Waals surface area contributed by atoms with Crippen LogP contribution in [-0.4, -0.2) is 48.8 Å². The summed E-state index contributed by atoms with van der Waals surface area (Å²) in [4.78, 5) is 23.4. The molecule has 0 amide bonds. The van der Waals surface area contributed by atoms with Gasteiger partial charge in [0, 0.05) is 6.07 Å². The Labute approximate surface area is 162 Å². The van der Waals surface area contributed by atoms with Crippen LogP contribution >= 0.6 is 0 Å². The van der Waals surface area contributed by atoms with E-state index in [0.29, 0.717) is 5.75 Å². The molecule has 0 atom stereocenters. The van der Waals surface area contributed by atoms with E-state index in [1.165, 1.54) is 38.5 Å². The molecule has 1 N–H and O–H groups in total. The van der Waals surface area contributed by atoms with Crippen LogP contribution < -0.4 is 14.2 Å². The van der Waals surface area contributed by atoms with Gasteiger partial charge in [-0.2, -0.15) is 0 Å². The number of methoxy groups -OCH3 is 4. The van der Waals surface area contributed by atoms with Crippen LogP contribution in [0.4, 0.5) is 5.69 Å². The van der Waals surface area contributed by atoms with Gasteiger partial charge in [-0.3, -0.25) is 4.72 Å². The average Bonchev–Trinajstić information content (AvgIpc) is 2.71. The van der Waals surface area contributed by atoms with Crippen molar-refractivity contribution in [3.05, 3.63) is 47.5 Å². The second kappa shape index (κ2) is 8.61. The fourth-order valence-corrected chi connectivity index (χ4v) is 3.64. The number of sulfonamides is 1. The molecule has 2 aromatic carbocycles. The zero-order valence-electron chi connectivity index (χ0n) is 15.6. The Morgan fingerprint density at radius 2 is 1.54 bits per heavy atom. The Kier molecular flexibility index (Phi) is 6.47. The van der Waals surface area contributed by atoms with Gasteiger partial charge in [0.1, 0.15) is 16.4 Å². The molecule has 0 fully saturated rings. The van der Waals surface area contributed by atoms with Crippen LogP contribution in [0.5, 0.6) is 11.5 Å². The molecule has 9 nitrogen and oxygen atoms in total. The lowest BCUT2D eigenvalue weighted by Gasteiger charge is -2.15. The number of carbonyl (C=O) groups is 2. The first-order valence-corrected chi connectivity index (χ1v) is 9.31. The van der Waals surface area contributed by atoms with Crippen LogP contribution in [0.1, 0.15) is 20.7 Å². The van der Waals surface area contributed by atoms with E-state index in [-0.39, 0.29) is 22.6 Å². The maximum Gasteiger partial charge on any atom is 0.339 e. The third-order valence-corrected chi connectivity index (χ3v) is 5.15. The van der Waals surface area contributed by atoms with E-state index in [2.05, 4.69) is 14.2 Å². The minimum absolute atomic E-state index is 0.0480. The zero-order valence-corrected chi connectivity index (χ0v) is 16.5. The van der Waals surface area contributed by atoms with E-state index in [0.717, 1.165) is 20.3 Å². The zero-order chi connectivity index (χ0) is 20.9. The van der Waals surface area contributed by atoms with E-state index in [4.69, 9.17) is 9.47 Å². The highest BCUT2D eigenvalue weighted by molar-refractivity contribution is 7.92. The molecule has 0 bridgehead atoms. The van der Waals surface area contributed by atoms with Crippen molar-refractivity contribution in [2.45, 2.75) is 4.90 Å². The summed E-state index contributed by atoms with van der Waals surface area (Å²) in [5, 5.41) is 0. The van der Waals surface area contributed by atoms with Crippen molar-refractivity contribution in [1.29, 1.82) is 0 Å². The van der Waals surface area contributed by atoms with Crippen molar-refractivity contribution in [1.82, 2.24) is 0 Å². The van der Waals surface area contributed by atoms with Crippen molar-refractivity contribution in [3.8, 4) is 11.5 Å². The van der Waals surface area contributed by atoms with Crippen molar-refractivity contribution in [3.63, 3.8) is 0 Å². The van der Waals surface area contributed by atoms with Gasteiger partial charge in [-0.15, -0.1) is 0 Å². The largest absolute Gasteiger partial charge is 0.497 e. The molecular weight excluding hydrogens is 390 g/mol. The SMILES string of the molecule is COC(=O)c1ccc(C(=O)OC)c(S(=O)(=O)Nc2cc(OC)ccc2OC)c1. The summed E-state index contributed by atoms with van der Waals surface area (Å²) in [7, 11) is 0.757. The van der Waals surface area contributed by atoms with Crippen molar-refractivity contribution >= 4 is 27.6 Å². The molecule has 0 aliphatic rings. The molecule has 0 aliphatic heterocycles. The molecule has 0 spiro atoms. The number of esters is 2. The lowest BCUT2D eigenvalue weighted by atomic mass is 10.1. The number of rotatable bonds is 7. The minimum Gasteiger partial charge on any atom is -0.497 e. The topological polar surface area (TPSA) is 117 Å². The highest BCUT2D eigenvalue weighted by atomic mass is 32.2. The predicted molar refractivity (Wildman–Crippen MR) is 99.5 cm³/mol. The van der Waals surface area contributed by atoms with Crippen LogP contribution in [0, 0.1) is 0 Å². The summed E-state index contributed by atoms with van der Waals surface area (Å²) < 4.78 is 47.8. The molecule has 0 unspecified atom stereocenters. The van der Waals surface area contributed by atoms with E-state index in [1.807, 2.05) is 0 Å². The number of hydrogen-bond donors (Lipinski definition) is 1. The van der Waals surface area contributed by atoms with E-state index >= 15 is 0 Å². The summed E-state index contributed by atoms with van der Waals surface area (Å²) in [6, 6.07) is 8.00. The molecule has 0 aliphatic carbocycles. The number of hydrogen-bond acceptors (Lipinski definition) is 8. The highest BCUT2D eigenvalue weighted by Crippen LogP contribution is 2.31. The quantitative estimate of drug-likeness (QED) is 0.691. The number of benzene rings is 2. The molecule has 0 heterocycles. The molecule has 0 aromatic heterocycles. The maximum absolute atomic E-state index is 13.0. The molecule has 0 saturated heterocycles. The Hall–Kier alpha value is -3.27. The van der Waals surface area contributed by atoms with Gasteiger partial charge in [0.2, 0.25) is 0 Å². The lowest BCUT2D eigenvalue weighted by Crippen LogP contribution is -2.19. The van der Waals surface area contributed by atoms with Gasteiger partial charge >= 0.3 is 11.9 Å². The Balaban J connectivity index is 2.61. The third-order valence-electron chi connectivity index (χ3n) is 3.75. The highest BCUT2D eigenvalue weighted by Gasteiger charge is 2.26. The summed E-state index contributed by atoms with van der Waals surface area (Å²) in [5.41, 5.74) is -0.209. The maximum atomic E-state index is 13.0. The van der Waals surface area contributed by atoms with E-state index in [1.54, 1.807) is 6.07 Å². The Morgan fingerprint density at radius 3 is 2.11 bits per heavy atom. The van der Waals surface area contributed by atoms with E-state index < -0.39 is 26.9 Å². The van der Waals surface area contributed by atoms with Gasteiger partial charge < -0.3 is 18.9 Å². The summed E-state index contributed by atoms with van der Waals surface area (Å²) in [5.74, 6) is -1.02. The second-order valence-electron chi connectivity index (χ2n) is 5.37. The molecule has 2 rings (SSSR count). The average molecular weight is 409 g/mol. The second-order valence-corrected chi connectivity index (χ2v) is 7.02. The normalized spacial score (nSPS) is 10.7. The van der Waals surface area contributed by atoms with Gasteiger partial charge in [-0.1, -0.05) is 0 Å². The first-order valence-electron chi connectivity index (χ1n) is 7.83. The van der Waals surface area contributed by atoms with Gasteiger partial charge in [-0.25, -0.2) is 18.0 Å². The summed E-state index contributed by atoms with van der Waals surface area (Å²) in [6.07, 6.45) is 0. The van der Waals surface area contributed by atoms with Gasteiger partial charge in [-0.05, 0) is 30.3 Å². The van der Waals surface area contributed by atoms with Crippen molar-refractivity contribution in [2.75, 3.05) is 33.2 Å².